The molecule has 0 amide bonds. The van der Waals surface area contributed by atoms with E-state index in [-0.39, 0.29) is 24.0 Å². The van der Waals surface area contributed by atoms with E-state index < -0.39 is 0 Å². The summed E-state index contributed by atoms with van der Waals surface area (Å²) in [5.41, 5.74) is 4.78. The maximum atomic E-state index is 5.57. The Morgan fingerprint density at radius 3 is 2.86 bits per heavy atom. The predicted octanol–water partition coefficient (Wildman–Crippen LogP) is 3.46. The molecule has 0 saturated heterocycles. The topological polar surface area (TPSA) is 74.3 Å². The molecule has 1 aliphatic rings. The summed E-state index contributed by atoms with van der Waals surface area (Å²) < 4.78 is 5.57. The molecule has 0 saturated carbocycles. The summed E-state index contributed by atoms with van der Waals surface area (Å²) in [6.07, 6.45) is 3.89. The number of fused-ring (bicyclic) bond motifs is 2. The summed E-state index contributed by atoms with van der Waals surface area (Å²) in [7, 11) is 1.81. The molecule has 29 heavy (non-hydrogen) atoms. The second-order valence-corrected chi connectivity index (χ2v) is 7.02. The van der Waals surface area contributed by atoms with Crippen molar-refractivity contribution < 1.29 is 4.74 Å². The second kappa shape index (κ2) is 10.5. The normalized spacial score (nSPS) is 12.9. The van der Waals surface area contributed by atoms with Crippen molar-refractivity contribution in [3.05, 3.63) is 59.4 Å². The lowest BCUT2D eigenvalue weighted by Crippen LogP contribution is -2.38. The van der Waals surface area contributed by atoms with Crippen molar-refractivity contribution in [3.8, 4) is 5.75 Å². The van der Waals surface area contributed by atoms with Gasteiger partial charge in [0.2, 0.25) is 0 Å². The number of ether oxygens (including phenoxy) is 1. The van der Waals surface area contributed by atoms with E-state index in [9.17, 15) is 0 Å². The molecule has 3 N–H and O–H groups in total. The van der Waals surface area contributed by atoms with Crippen molar-refractivity contribution in [2.24, 2.45) is 4.99 Å². The summed E-state index contributed by atoms with van der Waals surface area (Å²) in [5, 5.41) is 6.77. The number of nitrogens with one attached hydrogen (secondary N) is 3. The maximum Gasteiger partial charge on any atom is 0.190 e. The first kappa shape index (κ1) is 21.4. The van der Waals surface area contributed by atoms with Crippen molar-refractivity contribution in [1.82, 2.24) is 20.6 Å². The Bertz CT molecular complexity index is 936. The molecule has 0 radical (unpaired) electrons. The molecule has 0 bridgehead atoms. The molecule has 0 fully saturated rings. The summed E-state index contributed by atoms with van der Waals surface area (Å²) in [6, 6.07) is 14.6. The number of imidazole rings is 1. The van der Waals surface area contributed by atoms with Crippen LogP contribution in [0.15, 0.2) is 47.5 Å². The van der Waals surface area contributed by atoms with Crippen LogP contribution in [0.25, 0.3) is 11.0 Å². The number of hydrogen-bond donors (Lipinski definition) is 3. The Morgan fingerprint density at radius 1 is 1.14 bits per heavy atom. The van der Waals surface area contributed by atoms with Gasteiger partial charge in [-0.05, 0) is 42.2 Å². The van der Waals surface area contributed by atoms with E-state index in [2.05, 4.69) is 49.9 Å². The quantitative estimate of drug-likeness (QED) is 0.199. The zero-order chi connectivity index (χ0) is 19.2. The average molecular weight is 505 g/mol. The van der Waals surface area contributed by atoms with E-state index in [1.807, 2.05) is 18.2 Å². The number of aromatic nitrogens is 2. The Hall–Kier alpha value is -2.29. The first-order valence-corrected chi connectivity index (χ1v) is 9.94. The fourth-order valence-electron chi connectivity index (χ4n) is 3.53. The number of aliphatic imine (C=N–C) groups is 1. The summed E-state index contributed by atoms with van der Waals surface area (Å²) in [4.78, 5) is 12.3. The molecule has 0 atom stereocenters. The molecule has 0 aliphatic carbocycles. The number of halogens is 1. The minimum atomic E-state index is 0. The van der Waals surface area contributed by atoms with Gasteiger partial charge in [0.15, 0.2) is 5.96 Å². The van der Waals surface area contributed by atoms with Crippen LogP contribution in [0.2, 0.25) is 0 Å². The van der Waals surface area contributed by atoms with Gasteiger partial charge in [0, 0.05) is 33.0 Å². The molecular weight excluding hydrogens is 477 g/mol. The lowest BCUT2D eigenvalue weighted by Gasteiger charge is -2.12. The largest absolute Gasteiger partial charge is 0.493 e. The van der Waals surface area contributed by atoms with Gasteiger partial charge in [0.1, 0.15) is 11.6 Å². The smallest absolute Gasteiger partial charge is 0.190 e. The first-order valence-electron chi connectivity index (χ1n) is 9.94. The van der Waals surface area contributed by atoms with E-state index in [1.165, 1.54) is 11.1 Å². The highest BCUT2D eigenvalue weighted by atomic mass is 127. The van der Waals surface area contributed by atoms with Crippen LogP contribution in [0.3, 0.4) is 0 Å². The molecule has 0 spiro atoms. The zero-order valence-electron chi connectivity index (χ0n) is 16.7. The number of para-hydroxylation sites is 2. The van der Waals surface area contributed by atoms with E-state index in [0.29, 0.717) is 0 Å². The maximum absolute atomic E-state index is 5.57. The number of guanidine groups is 1. The van der Waals surface area contributed by atoms with Crippen molar-refractivity contribution in [3.63, 3.8) is 0 Å². The minimum Gasteiger partial charge on any atom is -0.493 e. The number of benzene rings is 2. The van der Waals surface area contributed by atoms with Gasteiger partial charge < -0.3 is 20.4 Å². The Morgan fingerprint density at radius 2 is 2.00 bits per heavy atom. The van der Waals surface area contributed by atoms with E-state index >= 15 is 0 Å². The third kappa shape index (κ3) is 5.62. The van der Waals surface area contributed by atoms with Crippen LogP contribution in [0.5, 0.6) is 5.75 Å². The van der Waals surface area contributed by atoms with Gasteiger partial charge in [-0.15, -0.1) is 24.0 Å². The van der Waals surface area contributed by atoms with Gasteiger partial charge in [-0.3, -0.25) is 4.99 Å². The van der Waals surface area contributed by atoms with Gasteiger partial charge in [0.05, 0.1) is 17.6 Å². The van der Waals surface area contributed by atoms with Crippen molar-refractivity contribution in [2.75, 3.05) is 26.7 Å². The Labute approximate surface area is 188 Å². The predicted molar refractivity (Wildman–Crippen MR) is 129 cm³/mol. The second-order valence-electron chi connectivity index (χ2n) is 7.02. The lowest BCUT2D eigenvalue weighted by molar-refractivity contribution is 0.357. The Balaban J connectivity index is 0.00000240. The van der Waals surface area contributed by atoms with Crippen LogP contribution in [0.4, 0.5) is 0 Å². The number of nitrogens with zero attached hydrogens (tertiary/aromatic N) is 2. The SMILES string of the molecule is CN=C(NCCCc1nc2ccccc2[nH]1)NCCc1ccc2c(c1)CCO2.I. The number of H-pyrrole nitrogens is 1. The number of aromatic amines is 1. The van der Waals surface area contributed by atoms with Crippen LogP contribution >= 0.6 is 24.0 Å². The fourth-order valence-corrected chi connectivity index (χ4v) is 3.53. The van der Waals surface area contributed by atoms with Gasteiger partial charge >= 0.3 is 0 Å². The van der Waals surface area contributed by atoms with Gasteiger partial charge in [-0.1, -0.05) is 24.3 Å². The molecule has 4 rings (SSSR count). The Kier molecular flexibility index (Phi) is 7.74. The summed E-state index contributed by atoms with van der Waals surface area (Å²) in [6.45, 7) is 2.51. The van der Waals surface area contributed by atoms with Crippen molar-refractivity contribution in [1.29, 1.82) is 0 Å². The van der Waals surface area contributed by atoms with Crippen LogP contribution in [0.1, 0.15) is 23.4 Å². The molecule has 154 valence electrons. The summed E-state index contributed by atoms with van der Waals surface area (Å²) in [5.74, 6) is 2.92. The average Bonchev–Trinajstić information content (AvgIpc) is 3.35. The molecule has 2 heterocycles. The fraction of sp³-hybridized carbons (Fsp3) is 0.364. The van der Waals surface area contributed by atoms with Gasteiger partial charge in [-0.2, -0.15) is 0 Å². The number of rotatable bonds is 7. The number of hydrogen-bond acceptors (Lipinski definition) is 3. The van der Waals surface area contributed by atoms with Gasteiger partial charge in [-0.25, -0.2) is 4.98 Å². The van der Waals surface area contributed by atoms with Crippen LogP contribution in [-0.4, -0.2) is 42.7 Å². The molecule has 2 aromatic carbocycles. The first-order chi connectivity index (χ1) is 13.8. The van der Waals surface area contributed by atoms with Crippen molar-refractivity contribution >= 4 is 41.0 Å². The monoisotopic (exact) mass is 505 g/mol. The third-order valence-corrected chi connectivity index (χ3v) is 5.00. The molecule has 0 unspecified atom stereocenters. The van der Waals surface area contributed by atoms with E-state index in [0.717, 1.165) is 73.9 Å². The van der Waals surface area contributed by atoms with Gasteiger partial charge in [0.25, 0.3) is 0 Å². The minimum absolute atomic E-state index is 0. The highest BCUT2D eigenvalue weighted by molar-refractivity contribution is 14.0. The van der Waals surface area contributed by atoms with E-state index in [1.54, 1.807) is 7.05 Å². The molecule has 3 aromatic rings. The highest BCUT2D eigenvalue weighted by Gasteiger charge is 2.11. The lowest BCUT2D eigenvalue weighted by atomic mass is 10.1. The molecule has 7 heteroatoms. The molecule has 1 aromatic heterocycles. The molecule has 1 aliphatic heterocycles. The third-order valence-electron chi connectivity index (χ3n) is 5.00. The van der Waals surface area contributed by atoms with Crippen LogP contribution < -0.4 is 15.4 Å². The van der Waals surface area contributed by atoms with Crippen molar-refractivity contribution in [2.45, 2.75) is 25.7 Å². The van der Waals surface area contributed by atoms with E-state index in [4.69, 9.17) is 4.74 Å². The van der Waals surface area contributed by atoms with Crippen LogP contribution in [0, 0.1) is 0 Å². The van der Waals surface area contributed by atoms with Crippen LogP contribution in [-0.2, 0) is 19.3 Å². The number of aryl methyl sites for hydroxylation is 1. The standard InChI is InChI=1S/C22H27N5O.HI/c1-23-22(25-13-10-16-8-9-20-17(15-16)11-14-28-20)24-12-4-7-21-26-18-5-2-3-6-19(18)27-21;/h2-3,5-6,8-9,15H,4,7,10-14H2,1H3,(H,26,27)(H2,23,24,25);1H. The zero-order valence-corrected chi connectivity index (χ0v) is 19.0. The highest BCUT2D eigenvalue weighted by Crippen LogP contribution is 2.25. The molecular formula is C22H28IN5O. The molecule has 6 nitrogen and oxygen atoms in total. The summed E-state index contributed by atoms with van der Waals surface area (Å²) >= 11 is 0.